The normalized spacial score (nSPS) is 13.9. The highest BCUT2D eigenvalue weighted by atomic mass is 32.1. The first-order chi connectivity index (χ1) is 11.7. The standard InChI is InChI=1S/C17H14FN3O2S/c18-11-3-1-10(2-4-11)13-8-24-17-15(13)16(19-9-20-17)23-7-14(22)21-12-5-6-12/h1-4,8-9,12H,5-7H2,(H,21,22). The van der Waals surface area contributed by atoms with E-state index >= 15 is 0 Å². The van der Waals surface area contributed by atoms with Crippen molar-refractivity contribution in [3.63, 3.8) is 0 Å². The number of fused-ring (bicyclic) bond motifs is 1. The Balaban J connectivity index is 1.63. The molecule has 1 aliphatic rings. The molecular weight excluding hydrogens is 329 g/mol. The third kappa shape index (κ3) is 3.07. The van der Waals surface area contributed by atoms with Crippen LogP contribution in [0.25, 0.3) is 21.3 Å². The number of rotatable bonds is 5. The zero-order valence-electron chi connectivity index (χ0n) is 12.7. The summed E-state index contributed by atoms with van der Waals surface area (Å²) in [5.41, 5.74) is 1.72. The molecule has 0 radical (unpaired) electrons. The lowest BCUT2D eigenvalue weighted by molar-refractivity contribution is -0.123. The van der Waals surface area contributed by atoms with Gasteiger partial charge in [-0.25, -0.2) is 14.4 Å². The summed E-state index contributed by atoms with van der Waals surface area (Å²) in [6, 6.07) is 6.52. The zero-order valence-corrected chi connectivity index (χ0v) is 13.5. The molecule has 0 spiro atoms. The van der Waals surface area contributed by atoms with E-state index in [1.165, 1.54) is 29.8 Å². The molecule has 1 amide bonds. The predicted octanol–water partition coefficient (Wildman–Crippen LogP) is 3.15. The fourth-order valence-corrected chi connectivity index (χ4v) is 3.34. The van der Waals surface area contributed by atoms with Gasteiger partial charge in [-0.2, -0.15) is 0 Å². The van der Waals surface area contributed by atoms with Crippen molar-refractivity contribution in [3.05, 3.63) is 41.8 Å². The third-order valence-electron chi connectivity index (χ3n) is 3.77. The van der Waals surface area contributed by atoms with Gasteiger partial charge in [0.1, 0.15) is 17.0 Å². The highest BCUT2D eigenvalue weighted by molar-refractivity contribution is 7.17. The van der Waals surface area contributed by atoms with Gasteiger partial charge in [-0.3, -0.25) is 4.79 Å². The molecule has 2 aromatic heterocycles. The number of nitrogens with one attached hydrogen (secondary N) is 1. The molecule has 24 heavy (non-hydrogen) atoms. The summed E-state index contributed by atoms with van der Waals surface area (Å²) in [6.07, 6.45) is 3.48. The number of amides is 1. The quantitative estimate of drug-likeness (QED) is 0.773. The molecule has 1 aliphatic carbocycles. The summed E-state index contributed by atoms with van der Waals surface area (Å²) < 4.78 is 18.8. The topological polar surface area (TPSA) is 64.1 Å². The summed E-state index contributed by atoms with van der Waals surface area (Å²) in [4.78, 5) is 21.0. The number of carbonyl (C=O) groups is 1. The first kappa shape index (κ1) is 15.0. The van der Waals surface area contributed by atoms with E-state index in [1.54, 1.807) is 12.1 Å². The van der Waals surface area contributed by atoms with Gasteiger partial charge in [0.05, 0.1) is 5.39 Å². The number of ether oxygens (including phenoxy) is 1. The largest absolute Gasteiger partial charge is 0.467 e. The Bertz CT molecular complexity index is 890. The van der Waals surface area contributed by atoms with Gasteiger partial charge in [0.25, 0.3) is 5.91 Å². The molecule has 7 heteroatoms. The van der Waals surface area contributed by atoms with Gasteiger partial charge in [-0.1, -0.05) is 12.1 Å². The molecular formula is C17H14FN3O2S. The summed E-state index contributed by atoms with van der Waals surface area (Å²) in [5.74, 6) is -0.0721. The Morgan fingerprint density at radius 3 is 2.83 bits per heavy atom. The molecule has 1 N–H and O–H groups in total. The highest BCUT2D eigenvalue weighted by Crippen LogP contribution is 2.37. The SMILES string of the molecule is O=C(COc1ncnc2scc(-c3ccc(F)cc3)c12)NC1CC1. The fraction of sp³-hybridized carbons (Fsp3) is 0.235. The van der Waals surface area contributed by atoms with Gasteiger partial charge in [0.15, 0.2) is 6.61 Å². The van der Waals surface area contributed by atoms with E-state index in [-0.39, 0.29) is 18.3 Å². The van der Waals surface area contributed by atoms with Crippen molar-refractivity contribution in [3.8, 4) is 17.0 Å². The van der Waals surface area contributed by atoms with Crippen LogP contribution in [-0.2, 0) is 4.79 Å². The number of benzene rings is 1. The van der Waals surface area contributed by atoms with Crippen molar-refractivity contribution in [2.24, 2.45) is 0 Å². The monoisotopic (exact) mass is 343 g/mol. The van der Waals surface area contributed by atoms with Crippen molar-refractivity contribution in [2.75, 3.05) is 6.61 Å². The minimum Gasteiger partial charge on any atom is -0.467 e. The van der Waals surface area contributed by atoms with Gasteiger partial charge in [-0.15, -0.1) is 11.3 Å². The Morgan fingerprint density at radius 2 is 2.08 bits per heavy atom. The number of thiophene rings is 1. The fourth-order valence-electron chi connectivity index (χ4n) is 2.43. The molecule has 122 valence electrons. The lowest BCUT2D eigenvalue weighted by atomic mass is 10.1. The predicted molar refractivity (Wildman–Crippen MR) is 89.5 cm³/mol. The Labute approximate surface area is 141 Å². The highest BCUT2D eigenvalue weighted by Gasteiger charge is 2.23. The molecule has 1 aromatic carbocycles. The van der Waals surface area contributed by atoms with Crippen LogP contribution < -0.4 is 10.1 Å². The minimum absolute atomic E-state index is 0.0820. The van der Waals surface area contributed by atoms with Gasteiger partial charge >= 0.3 is 0 Å². The maximum Gasteiger partial charge on any atom is 0.258 e. The molecule has 4 rings (SSSR count). The molecule has 1 fully saturated rings. The van der Waals surface area contributed by atoms with Gasteiger partial charge in [-0.05, 0) is 30.5 Å². The number of carbonyl (C=O) groups excluding carboxylic acids is 1. The van der Waals surface area contributed by atoms with E-state index in [2.05, 4.69) is 15.3 Å². The summed E-state index contributed by atoms with van der Waals surface area (Å²) in [7, 11) is 0. The van der Waals surface area contributed by atoms with Crippen molar-refractivity contribution in [1.29, 1.82) is 0 Å². The van der Waals surface area contributed by atoms with Crippen LogP contribution in [0.5, 0.6) is 5.88 Å². The molecule has 1 saturated carbocycles. The van der Waals surface area contributed by atoms with Crippen LogP contribution in [0.1, 0.15) is 12.8 Å². The van der Waals surface area contributed by atoms with E-state index in [0.29, 0.717) is 11.9 Å². The lowest BCUT2D eigenvalue weighted by Crippen LogP contribution is -2.30. The summed E-state index contributed by atoms with van der Waals surface area (Å²) >= 11 is 1.46. The van der Waals surface area contributed by atoms with Crippen LogP contribution in [0.3, 0.4) is 0 Å². The molecule has 0 saturated heterocycles. The number of halogens is 1. The molecule has 2 heterocycles. The molecule has 0 aliphatic heterocycles. The van der Waals surface area contributed by atoms with E-state index in [0.717, 1.165) is 34.2 Å². The second-order valence-corrected chi connectivity index (χ2v) is 6.50. The Morgan fingerprint density at radius 1 is 1.29 bits per heavy atom. The maximum atomic E-state index is 13.1. The third-order valence-corrected chi connectivity index (χ3v) is 4.66. The molecule has 0 atom stereocenters. The first-order valence-electron chi connectivity index (χ1n) is 7.61. The zero-order chi connectivity index (χ0) is 16.5. The number of nitrogens with zero attached hydrogens (tertiary/aromatic N) is 2. The first-order valence-corrected chi connectivity index (χ1v) is 8.49. The number of hydrogen-bond acceptors (Lipinski definition) is 5. The van der Waals surface area contributed by atoms with E-state index in [9.17, 15) is 9.18 Å². The van der Waals surface area contributed by atoms with E-state index in [4.69, 9.17) is 4.74 Å². The van der Waals surface area contributed by atoms with Crippen molar-refractivity contribution in [1.82, 2.24) is 15.3 Å². The molecule has 5 nitrogen and oxygen atoms in total. The number of hydrogen-bond donors (Lipinski definition) is 1. The second kappa shape index (κ2) is 6.16. The average Bonchev–Trinajstić information content (AvgIpc) is 3.29. The van der Waals surface area contributed by atoms with Crippen LogP contribution >= 0.6 is 11.3 Å². The van der Waals surface area contributed by atoms with E-state index < -0.39 is 0 Å². The lowest BCUT2D eigenvalue weighted by Gasteiger charge is -2.08. The Hall–Kier alpha value is -2.54. The van der Waals surface area contributed by atoms with Crippen LogP contribution in [-0.4, -0.2) is 28.5 Å². The Kier molecular flexibility index (Phi) is 3.86. The maximum absolute atomic E-state index is 13.1. The van der Waals surface area contributed by atoms with Crippen molar-refractivity contribution >= 4 is 27.5 Å². The van der Waals surface area contributed by atoms with Crippen LogP contribution in [0.2, 0.25) is 0 Å². The summed E-state index contributed by atoms with van der Waals surface area (Å²) in [5, 5.41) is 5.55. The van der Waals surface area contributed by atoms with Gasteiger partial charge in [0.2, 0.25) is 5.88 Å². The van der Waals surface area contributed by atoms with Crippen LogP contribution in [0, 0.1) is 5.82 Å². The van der Waals surface area contributed by atoms with E-state index in [1.807, 2.05) is 5.38 Å². The molecule has 0 bridgehead atoms. The van der Waals surface area contributed by atoms with Crippen molar-refractivity contribution in [2.45, 2.75) is 18.9 Å². The average molecular weight is 343 g/mol. The van der Waals surface area contributed by atoms with Crippen LogP contribution in [0.4, 0.5) is 4.39 Å². The van der Waals surface area contributed by atoms with Gasteiger partial charge < -0.3 is 10.1 Å². The van der Waals surface area contributed by atoms with Crippen molar-refractivity contribution < 1.29 is 13.9 Å². The number of aromatic nitrogens is 2. The van der Waals surface area contributed by atoms with Crippen LogP contribution in [0.15, 0.2) is 36.0 Å². The minimum atomic E-state index is -0.289. The molecule has 3 aromatic rings. The molecule has 0 unspecified atom stereocenters. The second-order valence-electron chi connectivity index (χ2n) is 5.65. The van der Waals surface area contributed by atoms with Gasteiger partial charge in [0, 0.05) is 17.0 Å². The smallest absolute Gasteiger partial charge is 0.258 e. The summed E-state index contributed by atoms with van der Waals surface area (Å²) in [6.45, 7) is -0.0820.